The molecule has 102 valence electrons. The van der Waals surface area contributed by atoms with Gasteiger partial charge in [0.25, 0.3) is 0 Å². The van der Waals surface area contributed by atoms with E-state index in [-0.39, 0.29) is 11.9 Å². The van der Waals surface area contributed by atoms with Crippen molar-refractivity contribution in [1.29, 1.82) is 0 Å². The minimum atomic E-state index is -0.462. The fraction of sp³-hybridized carbons (Fsp3) is 0.533. The maximum absolute atomic E-state index is 11.8. The highest BCUT2D eigenvalue weighted by molar-refractivity contribution is 5.79. The van der Waals surface area contributed by atoms with Gasteiger partial charge in [-0.15, -0.1) is 0 Å². The largest absolute Gasteiger partial charge is 0.391 e. The maximum atomic E-state index is 11.8. The molecule has 19 heavy (non-hydrogen) atoms. The van der Waals surface area contributed by atoms with Crippen LogP contribution in [0.4, 0.5) is 0 Å². The lowest BCUT2D eigenvalue weighted by atomic mass is 10.2. The molecule has 0 aromatic heterocycles. The minimum absolute atomic E-state index is 0.110. The molecule has 1 amide bonds. The number of nitrogens with zero attached hydrogens (tertiary/aromatic N) is 2. The van der Waals surface area contributed by atoms with Gasteiger partial charge in [-0.2, -0.15) is 0 Å². The van der Waals surface area contributed by atoms with Gasteiger partial charge in [0.15, 0.2) is 0 Å². The summed E-state index contributed by atoms with van der Waals surface area (Å²) < 4.78 is 0. The van der Waals surface area contributed by atoms with E-state index in [9.17, 15) is 9.90 Å². The zero-order chi connectivity index (χ0) is 13.2. The number of carbonyl (C=O) groups excluding carboxylic acids is 1. The van der Waals surface area contributed by atoms with Crippen molar-refractivity contribution in [3.05, 3.63) is 35.9 Å². The van der Waals surface area contributed by atoms with Crippen LogP contribution in [-0.4, -0.2) is 52.6 Å². The molecule has 2 aliphatic rings. The van der Waals surface area contributed by atoms with Gasteiger partial charge in [0.1, 0.15) is 0 Å². The molecule has 2 saturated heterocycles. The highest BCUT2D eigenvalue weighted by Crippen LogP contribution is 2.22. The van der Waals surface area contributed by atoms with Crippen LogP contribution in [0, 0.1) is 0 Å². The van der Waals surface area contributed by atoms with Gasteiger partial charge in [0.2, 0.25) is 5.91 Å². The number of hydrogen-bond donors (Lipinski definition) is 1. The van der Waals surface area contributed by atoms with Crippen LogP contribution in [0.25, 0.3) is 0 Å². The van der Waals surface area contributed by atoms with Crippen molar-refractivity contribution in [2.45, 2.75) is 31.5 Å². The molecule has 3 rings (SSSR count). The monoisotopic (exact) mass is 260 g/mol. The van der Waals surface area contributed by atoms with Crippen molar-refractivity contribution in [3.8, 4) is 0 Å². The third-order valence-electron chi connectivity index (χ3n) is 4.08. The second-order valence-electron chi connectivity index (χ2n) is 5.57. The fourth-order valence-electron chi connectivity index (χ4n) is 3.12. The number of β-amino-alcohol motifs (C(OH)–C–C–N with tert-alkyl or cyclic N) is 1. The van der Waals surface area contributed by atoms with Crippen molar-refractivity contribution < 1.29 is 9.90 Å². The van der Waals surface area contributed by atoms with Crippen LogP contribution in [0.3, 0.4) is 0 Å². The second kappa shape index (κ2) is 5.31. The quantitative estimate of drug-likeness (QED) is 0.876. The van der Waals surface area contributed by atoms with E-state index in [1.165, 1.54) is 5.56 Å². The number of aliphatic hydroxyl groups is 1. The Morgan fingerprint density at radius 2 is 2.00 bits per heavy atom. The summed E-state index contributed by atoms with van der Waals surface area (Å²) in [6.07, 6.45) is 0.858. The molecule has 4 nitrogen and oxygen atoms in total. The number of aliphatic hydroxyl groups excluding tert-OH is 1. The third-order valence-corrected chi connectivity index (χ3v) is 4.08. The highest BCUT2D eigenvalue weighted by Gasteiger charge is 2.36. The van der Waals surface area contributed by atoms with Crippen molar-refractivity contribution in [1.82, 2.24) is 9.80 Å². The van der Waals surface area contributed by atoms with Crippen LogP contribution >= 0.6 is 0 Å². The lowest BCUT2D eigenvalue weighted by molar-refractivity contribution is -0.129. The first-order chi connectivity index (χ1) is 9.22. The minimum Gasteiger partial charge on any atom is -0.391 e. The fourth-order valence-corrected chi connectivity index (χ4v) is 3.12. The van der Waals surface area contributed by atoms with Crippen LogP contribution in [0.15, 0.2) is 30.3 Å². The van der Waals surface area contributed by atoms with E-state index in [4.69, 9.17) is 0 Å². The second-order valence-corrected chi connectivity index (χ2v) is 5.57. The predicted molar refractivity (Wildman–Crippen MR) is 72.5 cm³/mol. The Hall–Kier alpha value is -1.39. The number of benzene rings is 1. The first kappa shape index (κ1) is 12.6. The molecule has 1 aromatic rings. The van der Waals surface area contributed by atoms with Crippen LogP contribution in [-0.2, 0) is 11.3 Å². The van der Waals surface area contributed by atoms with Gasteiger partial charge in [-0.25, -0.2) is 0 Å². The van der Waals surface area contributed by atoms with E-state index in [0.717, 1.165) is 26.1 Å². The summed E-state index contributed by atoms with van der Waals surface area (Å²) in [6, 6.07) is 10.7. The lowest BCUT2D eigenvalue weighted by Crippen LogP contribution is -2.38. The topological polar surface area (TPSA) is 43.8 Å². The van der Waals surface area contributed by atoms with Gasteiger partial charge >= 0.3 is 0 Å². The van der Waals surface area contributed by atoms with Crippen molar-refractivity contribution in [3.63, 3.8) is 0 Å². The number of likely N-dealkylation sites (tertiary alicyclic amines) is 2. The average molecular weight is 260 g/mol. The Morgan fingerprint density at radius 1 is 1.21 bits per heavy atom. The Bertz CT molecular complexity index is 449. The van der Waals surface area contributed by atoms with Crippen LogP contribution in [0.2, 0.25) is 0 Å². The molecule has 4 heteroatoms. The van der Waals surface area contributed by atoms with Crippen molar-refractivity contribution in [2.75, 3.05) is 19.6 Å². The molecule has 2 atom stereocenters. The molecule has 0 radical (unpaired) electrons. The summed E-state index contributed by atoms with van der Waals surface area (Å²) >= 11 is 0. The van der Waals surface area contributed by atoms with E-state index in [1.54, 1.807) is 0 Å². The summed E-state index contributed by atoms with van der Waals surface area (Å²) in [5.41, 5.74) is 1.32. The average Bonchev–Trinajstić information content (AvgIpc) is 2.97. The van der Waals surface area contributed by atoms with Crippen LogP contribution in [0.5, 0.6) is 0 Å². The first-order valence-electron chi connectivity index (χ1n) is 6.96. The van der Waals surface area contributed by atoms with Gasteiger partial charge in [-0.1, -0.05) is 30.3 Å². The molecule has 2 aliphatic heterocycles. The van der Waals surface area contributed by atoms with E-state index >= 15 is 0 Å². The summed E-state index contributed by atoms with van der Waals surface area (Å²) in [5, 5.41) is 9.56. The normalized spacial score (nSPS) is 28.3. The molecular weight excluding hydrogens is 240 g/mol. The smallest absolute Gasteiger partial charge is 0.225 e. The Balaban J connectivity index is 1.57. The predicted octanol–water partition coefficient (Wildman–Crippen LogP) is 0.854. The van der Waals surface area contributed by atoms with E-state index in [1.807, 2.05) is 11.0 Å². The van der Waals surface area contributed by atoms with Crippen molar-refractivity contribution in [2.24, 2.45) is 0 Å². The van der Waals surface area contributed by atoms with Gasteiger partial charge in [0, 0.05) is 32.2 Å². The Kier molecular flexibility index (Phi) is 3.53. The third kappa shape index (κ3) is 2.80. The summed E-state index contributed by atoms with van der Waals surface area (Å²) in [5.74, 6) is 0.110. The summed E-state index contributed by atoms with van der Waals surface area (Å²) in [4.78, 5) is 16.0. The molecule has 0 spiro atoms. The Morgan fingerprint density at radius 3 is 2.68 bits per heavy atom. The number of rotatable bonds is 3. The molecule has 0 aliphatic carbocycles. The number of amides is 1. The molecule has 0 bridgehead atoms. The van der Waals surface area contributed by atoms with E-state index < -0.39 is 6.10 Å². The summed E-state index contributed by atoms with van der Waals surface area (Å²) in [6.45, 7) is 3.41. The van der Waals surface area contributed by atoms with Gasteiger partial charge in [-0.05, 0) is 12.0 Å². The van der Waals surface area contributed by atoms with Gasteiger partial charge in [-0.3, -0.25) is 9.69 Å². The molecule has 2 heterocycles. The standard InChI is InChI=1S/C15H20N2O2/c18-14-8-15(19)17(11-14)13-6-7-16(10-13)9-12-4-2-1-3-5-12/h1-5,13-14,18H,6-11H2. The number of carbonyl (C=O) groups is 1. The molecule has 2 unspecified atom stereocenters. The molecule has 1 N–H and O–H groups in total. The SMILES string of the molecule is O=C1CC(O)CN1C1CCN(Cc2ccccc2)C1. The maximum Gasteiger partial charge on any atom is 0.225 e. The molecule has 1 aromatic carbocycles. The van der Waals surface area contributed by atoms with Crippen LogP contribution in [0.1, 0.15) is 18.4 Å². The molecule has 2 fully saturated rings. The zero-order valence-corrected chi connectivity index (χ0v) is 11.0. The highest BCUT2D eigenvalue weighted by atomic mass is 16.3. The van der Waals surface area contributed by atoms with Crippen molar-refractivity contribution >= 4 is 5.91 Å². The van der Waals surface area contributed by atoms with E-state index in [2.05, 4.69) is 29.2 Å². The van der Waals surface area contributed by atoms with Crippen LogP contribution < -0.4 is 0 Å². The van der Waals surface area contributed by atoms with Gasteiger partial charge in [0.05, 0.1) is 12.5 Å². The molecular formula is C15H20N2O2. The summed E-state index contributed by atoms with van der Waals surface area (Å²) in [7, 11) is 0. The molecule has 0 saturated carbocycles. The van der Waals surface area contributed by atoms with Gasteiger partial charge < -0.3 is 10.0 Å². The van der Waals surface area contributed by atoms with E-state index in [0.29, 0.717) is 13.0 Å². The zero-order valence-electron chi connectivity index (χ0n) is 11.0. The lowest BCUT2D eigenvalue weighted by Gasteiger charge is -2.24. The number of hydrogen-bond acceptors (Lipinski definition) is 3. The Labute approximate surface area is 113 Å². The first-order valence-corrected chi connectivity index (χ1v) is 6.96.